The fraction of sp³-hybridized carbons (Fsp3) is 0.882. The van der Waals surface area contributed by atoms with Crippen LogP contribution in [0.1, 0.15) is 53.9 Å². The Morgan fingerprint density at radius 3 is 2.42 bits per heavy atom. The first-order valence-electron chi connectivity index (χ1n) is 8.05. The van der Waals surface area contributed by atoms with Gasteiger partial charge in [0, 0.05) is 31.7 Å². The maximum Gasteiger partial charge on any atom is 0.0247 e. The number of hydrogen-bond acceptors (Lipinski definition) is 2. The number of rotatable bonds is 5. The van der Waals surface area contributed by atoms with Gasteiger partial charge in [0.2, 0.25) is 0 Å². The van der Waals surface area contributed by atoms with Crippen molar-refractivity contribution >= 4 is 0 Å². The summed E-state index contributed by atoms with van der Waals surface area (Å²) in [5, 5.41) is 3.71. The van der Waals surface area contributed by atoms with Crippen LogP contribution in [0.3, 0.4) is 0 Å². The van der Waals surface area contributed by atoms with E-state index in [9.17, 15) is 0 Å². The van der Waals surface area contributed by atoms with E-state index in [1.54, 1.807) is 5.57 Å². The van der Waals surface area contributed by atoms with Crippen molar-refractivity contribution in [3.8, 4) is 0 Å². The second-order valence-corrected chi connectivity index (χ2v) is 7.72. The highest BCUT2D eigenvalue weighted by Crippen LogP contribution is 2.31. The molecule has 0 aromatic heterocycles. The lowest BCUT2D eigenvalue weighted by atomic mass is 9.82. The summed E-state index contributed by atoms with van der Waals surface area (Å²) in [5.41, 5.74) is 1.99. The van der Waals surface area contributed by atoms with Crippen LogP contribution in [-0.4, -0.2) is 36.6 Å². The molecule has 0 saturated heterocycles. The lowest BCUT2D eigenvalue weighted by molar-refractivity contribution is 0.158. The molecule has 1 aliphatic heterocycles. The van der Waals surface area contributed by atoms with Gasteiger partial charge in [-0.1, -0.05) is 46.3 Å². The van der Waals surface area contributed by atoms with Crippen LogP contribution in [0.5, 0.6) is 0 Å². The van der Waals surface area contributed by atoms with Crippen molar-refractivity contribution in [3.05, 3.63) is 11.6 Å². The Morgan fingerprint density at radius 1 is 1.32 bits per heavy atom. The van der Waals surface area contributed by atoms with Crippen LogP contribution in [0.4, 0.5) is 0 Å². The molecule has 2 heteroatoms. The zero-order valence-electron chi connectivity index (χ0n) is 13.5. The molecular weight excluding hydrogens is 232 g/mol. The lowest BCUT2D eigenvalue weighted by Crippen LogP contribution is -2.48. The van der Waals surface area contributed by atoms with E-state index >= 15 is 0 Å². The van der Waals surface area contributed by atoms with Gasteiger partial charge in [0.25, 0.3) is 0 Å². The van der Waals surface area contributed by atoms with E-state index < -0.39 is 0 Å². The minimum atomic E-state index is 0.353. The predicted molar refractivity (Wildman–Crippen MR) is 83.4 cm³/mol. The Morgan fingerprint density at radius 2 is 2.00 bits per heavy atom. The third kappa shape index (κ3) is 4.32. The molecule has 0 amide bonds. The zero-order valence-corrected chi connectivity index (χ0v) is 13.5. The van der Waals surface area contributed by atoms with Gasteiger partial charge >= 0.3 is 0 Å². The molecule has 0 spiro atoms. The van der Waals surface area contributed by atoms with Crippen LogP contribution in [0.15, 0.2) is 11.6 Å². The summed E-state index contributed by atoms with van der Waals surface area (Å²) in [6.07, 6.45) is 6.50. The monoisotopic (exact) mass is 264 g/mol. The summed E-state index contributed by atoms with van der Waals surface area (Å²) < 4.78 is 0. The topological polar surface area (TPSA) is 15.3 Å². The van der Waals surface area contributed by atoms with Crippen LogP contribution in [0, 0.1) is 11.3 Å². The van der Waals surface area contributed by atoms with E-state index in [1.807, 2.05) is 0 Å². The molecule has 19 heavy (non-hydrogen) atoms. The maximum atomic E-state index is 3.71. The molecule has 110 valence electrons. The van der Waals surface area contributed by atoms with Gasteiger partial charge in [0.15, 0.2) is 0 Å². The summed E-state index contributed by atoms with van der Waals surface area (Å²) >= 11 is 0. The van der Waals surface area contributed by atoms with Crippen molar-refractivity contribution < 1.29 is 0 Å². The minimum Gasteiger partial charge on any atom is -0.312 e. The van der Waals surface area contributed by atoms with Gasteiger partial charge in [-0.15, -0.1) is 0 Å². The SMILES string of the molecule is CC(C)C(CNC1CC1)N1CC=C(C(C)(C)C)CC1. The van der Waals surface area contributed by atoms with Crippen molar-refractivity contribution in [1.29, 1.82) is 0 Å². The average Bonchev–Trinajstić information content (AvgIpc) is 3.12. The highest BCUT2D eigenvalue weighted by atomic mass is 15.2. The molecule has 0 aromatic carbocycles. The van der Waals surface area contributed by atoms with Crippen molar-refractivity contribution in [1.82, 2.24) is 10.2 Å². The Labute approximate surface area is 119 Å². The highest BCUT2D eigenvalue weighted by molar-refractivity contribution is 5.15. The third-order valence-electron chi connectivity index (χ3n) is 4.64. The first-order valence-corrected chi connectivity index (χ1v) is 8.05. The smallest absolute Gasteiger partial charge is 0.0247 e. The number of hydrogen-bond donors (Lipinski definition) is 1. The fourth-order valence-electron chi connectivity index (χ4n) is 3.03. The predicted octanol–water partition coefficient (Wildman–Crippen LogP) is 3.44. The van der Waals surface area contributed by atoms with E-state index in [2.05, 4.69) is 50.9 Å². The van der Waals surface area contributed by atoms with E-state index in [0.29, 0.717) is 11.5 Å². The standard InChI is InChI=1S/C17H32N2/c1-13(2)16(12-18-15-6-7-15)19-10-8-14(9-11-19)17(3,4)5/h8,13,15-16,18H,6-7,9-12H2,1-5H3. The lowest BCUT2D eigenvalue weighted by Gasteiger charge is -2.39. The van der Waals surface area contributed by atoms with Gasteiger partial charge in [-0.05, 0) is 30.6 Å². The summed E-state index contributed by atoms with van der Waals surface area (Å²) in [4.78, 5) is 2.68. The highest BCUT2D eigenvalue weighted by Gasteiger charge is 2.28. The Kier molecular flexibility index (Phi) is 4.73. The van der Waals surface area contributed by atoms with Crippen LogP contribution >= 0.6 is 0 Å². The number of nitrogens with one attached hydrogen (secondary N) is 1. The van der Waals surface area contributed by atoms with E-state index in [-0.39, 0.29) is 0 Å². The molecule has 1 heterocycles. The average molecular weight is 264 g/mol. The maximum absolute atomic E-state index is 3.71. The summed E-state index contributed by atoms with van der Waals surface area (Å²) in [5.74, 6) is 0.732. The quantitative estimate of drug-likeness (QED) is 0.765. The molecule has 1 saturated carbocycles. The van der Waals surface area contributed by atoms with E-state index in [4.69, 9.17) is 0 Å². The van der Waals surface area contributed by atoms with Crippen molar-refractivity contribution in [2.75, 3.05) is 19.6 Å². The van der Waals surface area contributed by atoms with Gasteiger partial charge in [0.1, 0.15) is 0 Å². The first-order chi connectivity index (χ1) is 8.88. The number of nitrogens with zero attached hydrogens (tertiary/aromatic N) is 1. The second kappa shape index (κ2) is 5.97. The molecule has 1 unspecified atom stereocenters. The molecule has 2 nitrogen and oxygen atoms in total. The summed E-state index contributed by atoms with van der Waals surface area (Å²) in [6, 6.07) is 1.52. The molecular formula is C17H32N2. The molecule has 1 fully saturated rings. The van der Waals surface area contributed by atoms with Crippen LogP contribution in [0.2, 0.25) is 0 Å². The second-order valence-electron chi connectivity index (χ2n) is 7.72. The fourth-order valence-corrected chi connectivity index (χ4v) is 3.03. The molecule has 2 rings (SSSR count). The normalized spacial score (nSPS) is 23.6. The van der Waals surface area contributed by atoms with Gasteiger partial charge in [0.05, 0.1) is 0 Å². The van der Waals surface area contributed by atoms with E-state index in [1.165, 1.54) is 32.4 Å². The molecule has 0 bridgehead atoms. The van der Waals surface area contributed by atoms with E-state index in [0.717, 1.165) is 18.5 Å². The van der Waals surface area contributed by atoms with Gasteiger partial charge in [-0.3, -0.25) is 4.90 Å². The van der Waals surface area contributed by atoms with Gasteiger partial charge in [-0.25, -0.2) is 0 Å². The van der Waals surface area contributed by atoms with Crippen molar-refractivity contribution in [2.24, 2.45) is 11.3 Å². The van der Waals surface area contributed by atoms with Crippen LogP contribution in [-0.2, 0) is 0 Å². The third-order valence-corrected chi connectivity index (χ3v) is 4.64. The Hall–Kier alpha value is -0.340. The van der Waals surface area contributed by atoms with Crippen molar-refractivity contribution in [2.45, 2.75) is 66.0 Å². The molecule has 2 aliphatic rings. The minimum absolute atomic E-state index is 0.353. The molecule has 1 N–H and O–H groups in total. The van der Waals surface area contributed by atoms with Gasteiger partial charge < -0.3 is 5.32 Å². The van der Waals surface area contributed by atoms with Crippen molar-refractivity contribution in [3.63, 3.8) is 0 Å². The summed E-state index contributed by atoms with van der Waals surface area (Å²) in [6.45, 7) is 15.3. The largest absolute Gasteiger partial charge is 0.312 e. The molecule has 1 atom stereocenters. The molecule has 0 radical (unpaired) electrons. The van der Waals surface area contributed by atoms with Crippen LogP contribution < -0.4 is 5.32 Å². The molecule has 1 aliphatic carbocycles. The molecule has 0 aromatic rings. The van der Waals surface area contributed by atoms with Gasteiger partial charge in [-0.2, -0.15) is 0 Å². The Bertz CT molecular complexity index is 321. The Balaban J connectivity index is 1.90. The summed E-state index contributed by atoms with van der Waals surface area (Å²) in [7, 11) is 0. The van der Waals surface area contributed by atoms with Crippen LogP contribution in [0.25, 0.3) is 0 Å². The first kappa shape index (κ1) is 15.1. The zero-order chi connectivity index (χ0) is 14.0.